The third kappa shape index (κ3) is 4.30. The van der Waals surface area contributed by atoms with Gasteiger partial charge in [0.2, 0.25) is 5.91 Å². The van der Waals surface area contributed by atoms with Crippen molar-refractivity contribution in [2.24, 2.45) is 5.92 Å². The van der Waals surface area contributed by atoms with Gasteiger partial charge in [-0.15, -0.1) is 0 Å². The SMILES string of the molecule is CC(CNC(=O)C(C)(C)n1cccn1)CN1CCCCC1. The van der Waals surface area contributed by atoms with Crippen molar-refractivity contribution in [3.63, 3.8) is 0 Å². The van der Waals surface area contributed by atoms with E-state index in [9.17, 15) is 4.79 Å². The Kier molecular flexibility index (Phi) is 5.39. The summed E-state index contributed by atoms with van der Waals surface area (Å²) in [7, 11) is 0. The molecular formula is C16H28N4O. The van der Waals surface area contributed by atoms with E-state index in [-0.39, 0.29) is 5.91 Å². The van der Waals surface area contributed by atoms with Crippen LogP contribution in [-0.4, -0.2) is 46.8 Å². The molecule has 1 saturated heterocycles. The van der Waals surface area contributed by atoms with Gasteiger partial charge in [0.1, 0.15) is 5.54 Å². The first kappa shape index (κ1) is 16.0. The molecule has 0 saturated carbocycles. The van der Waals surface area contributed by atoms with Crippen LogP contribution >= 0.6 is 0 Å². The molecule has 1 fully saturated rings. The van der Waals surface area contributed by atoms with Crippen LogP contribution in [0.4, 0.5) is 0 Å². The van der Waals surface area contributed by atoms with Gasteiger partial charge in [-0.1, -0.05) is 13.3 Å². The number of likely N-dealkylation sites (tertiary alicyclic amines) is 1. The van der Waals surface area contributed by atoms with E-state index in [2.05, 4.69) is 22.2 Å². The Bertz CT molecular complexity index is 435. The highest BCUT2D eigenvalue weighted by molar-refractivity contribution is 5.83. The normalized spacial score (nSPS) is 18.4. The van der Waals surface area contributed by atoms with Crippen LogP contribution in [0.25, 0.3) is 0 Å². The first-order valence-corrected chi connectivity index (χ1v) is 8.01. The number of amides is 1. The molecular weight excluding hydrogens is 264 g/mol. The molecule has 0 spiro atoms. The second-order valence-electron chi connectivity index (χ2n) is 6.69. The fraction of sp³-hybridized carbons (Fsp3) is 0.750. The molecule has 0 radical (unpaired) electrons. The fourth-order valence-electron chi connectivity index (χ4n) is 2.83. The molecule has 1 unspecified atom stereocenters. The maximum absolute atomic E-state index is 12.4. The van der Waals surface area contributed by atoms with Crippen molar-refractivity contribution in [2.45, 2.75) is 45.6 Å². The minimum Gasteiger partial charge on any atom is -0.354 e. The number of hydrogen-bond acceptors (Lipinski definition) is 3. The predicted octanol–water partition coefficient (Wildman–Crippen LogP) is 1.86. The molecule has 2 rings (SSSR count). The van der Waals surface area contributed by atoms with E-state index in [1.807, 2.05) is 26.1 Å². The maximum atomic E-state index is 12.4. The molecule has 0 aliphatic carbocycles. The molecule has 1 aromatic rings. The van der Waals surface area contributed by atoms with Gasteiger partial charge < -0.3 is 10.2 Å². The molecule has 0 aromatic carbocycles. The van der Waals surface area contributed by atoms with Crippen LogP contribution in [0.2, 0.25) is 0 Å². The Hall–Kier alpha value is -1.36. The molecule has 1 aliphatic rings. The highest BCUT2D eigenvalue weighted by Crippen LogP contribution is 2.14. The topological polar surface area (TPSA) is 50.2 Å². The van der Waals surface area contributed by atoms with Crippen LogP contribution in [-0.2, 0) is 10.3 Å². The van der Waals surface area contributed by atoms with E-state index >= 15 is 0 Å². The van der Waals surface area contributed by atoms with E-state index in [1.54, 1.807) is 10.9 Å². The van der Waals surface area contributed by atoms with Crippen LogP contribution in [0.5, 0.6) is 0 Å². The van der Waals surface area contributed by atoms with Gasteiger partial charge in [-0.3, -0.25) is 9.48 Å². The summed E-state index contributed by atoms with van der Waals surface area (Å²) in [5.74, 6) is 0.497. The minimum absolute atomic E-state index is 0.0247. The van der Waals surface area contributed by atoms with E-state index < -0.39 is 5.54 Å². The predicted molar refractivity (Wildman–Crippen MR) is 84.0 cm³/mol. The zero-order valence-corrected chi connectivity index (χ0v) is 13.5. The van der Waals surface area contributed by atoms with Gasteiger partial charge in [-0.2, -0.15) is 5.10 Å². The van der Waals surface area contributed by atoms with Crippen LogP contribution in [0.3, 0.4) is 0 Å². The van der Waals surface area contributed by atoms with Gasteiger partial charge in [-0.25, -0.2) is 0 Å². The van der Waals surface area contributed by atoms with Crippen molar-refractivity contribution < 1.29 is 4.79 Å². The summed E-state index contributed by atoms with van der Waals surface area (Å²) < 4.78 is 1.71. The summed E-state index contributed by atoms with van der Waals surface area (Å²) in [6.45, 7) is 10.2. The van der Waals surface area contributed by atoms with E-state index in [1.165, 1.54) is 32.4 Å². The molecule has 1 aliphatic heterocycles. The Morgan fingerprint density at radius 3 is 2.67 bits per heavy atom. The molecule has 118 valence electrons. The average molecular weight is 292 g/mol. The summed E-state index contributed by atoms with van der Waals surface area (Å²) >= 11 is 0. The van der Waals surface area contributed by atoms with Crippen molar-refractivity contribution in [1.29, 1.82) is 0 Å². The Labute approximate surface area is 127 Å². The molecule has 2 heterocycles. The number of carbonyl (C=O) groups is 1. The van der Waals surface area contributed by atoms with Crippen LogP contribution < -0.4 is 5.32 Å². The van der Waals surface area contributed by atoms with Gasteiger partial charge >= 0.3 is 0 Å². The number of nitrogens with one attached hydrogen (secondary N) is 1. The summed E-state index contributed by atoms with van der Waals surface area (Å²) in [6, 6.07) is 1.84. The highest BCUT2D eigenvalue weighted by Gasteiger charge is 2.30. The largest absolute Gasteiger partial charge is 0.354 e. The van der Waals surface area contributed by atoms with E-state index in [4.69, 9.17) is 0 Å². The molecule has 5 nitrogen and oxygen atoms in total. The quantitative estimate of drug-likeness (QED) is 0.870. The summed E-state index contributed by atoms with van der Waals surface area (Å²) in [5, 5.41) is 7.25. The van der Waals surface area contributed by atoms with Crippen molar-refractivity contribution in [1.82, 2.24) is 20.0 Å². The van der Waals surface area contributed by atoms with Crippen molar-refractivity contribution in [3.8, 4) is 0 Å². The number of nitrogens with zero attached hydrogens (tertiary/aromatic N) is 3. The number of rotatable bonds is 6. The molecule has 1 amide bonds. The Morgan fingerprint density at radius 2 is 2.05 bits per heavy atom. The van der Waals surface area contributed by atoms with Gasteiger partial charge in [-0.05, 0) is 51.8 Å². The van der Waals surface area contributed by atoms with Crippen LogP contribution in [0.1, 0.15) is 40.0 Å². The number of hydrogen-bond donors (Lipinski definition) is 1. The molecule has 21 heavy (non-hydrogen) atoms. The zero-order valence-electron chi connectivity index (χ0n) is 13.5. The first-order valence-electron chi connectivity index (χ1n) is 8.01. The van der Waals surface area contributed by atoms with E-state index in [0.29, 0.717) is 5.92 Å². The standard InChI is InChI=1S/C16H28N4O/c1-14(13-19-9-5-4-6-10-19)12-17-15(21)16(2,3)20-11-7-8-18-20/h7-8,11,14H,4-6,9-10,12-13H2,1-3H3,(H,17,21). The Morgan fingerprint density at radius 1 is 1.33 bits per heavy atom. The van der Waals surface area contributed by atoms with Crippen LogP contribution in [0.15, 0.2) is 18.5 Å². The molecule has 1 aromatic heterocycles. The third-order valence-electron chi connectivity index (χ3n) is 4.26. The monoisotopic (exact) mass is 292 g/mol. The van der Waals surface area contributed by atoms with E-state index in [0.717, 1.165) is 13.1 Å². The molecule has 1 N–H and O–H groups in total. The van der Waals surface area contributed by atoms with Gasteiger partial charge in [0, 0.05) is 25.5 Å². The van der Waals surface area contributed by atoms with Crippen molar-refractivity contribution in [3.05, 3.63) is 18.5 Å². The maximum Gasteiger partial charge on any atom is 0.247 e. The lowest BCUT2D eigenvalue weighted by molar-refractivity contribution is -0.129. The number of carbonyl (C=O) groups excluding carboxylic acids is 1. The smallest absolute Gasteiger partial charge is 0.247 e. The second kappa shape index (κ2) is 7.07. The zero-order chi connectivity index (χ0) is 15.3. The summed E-state index contributed by atoms with van der Waals surface area (Å²) in [5.41, 5.74) is -0.644. The van der Waals surface area contributed by atoms with Crippen molar-refractivity contribution >= 4 is 5.91 Å². The van der Waals surface area contributed by atoms with Crippen molar-refractivity contribution in [2.75, 3.05) is 26.2 Å². The lowest BCUT2D eigenvalue weighted by Gasteiger charge is -2.30. The average Bonchev–Trinajstić information content (AvgIpc) is 3.00. The Balaban J connectivity index is 1.77. The minimum atomic E-state index is -0.644. The number of aromatic nitrogens is 2. The van der Waals surface area contributed by atoms with Gasteiger partial charge in [0.05, 0.1) is 0 Å². The third-order valence-corrected chi connectivity index (χ3v) is 4.26. The first-order chi connectivity index (χ1) is 10.00. The lowest BCUT2D eigenvalue weighted by Crippen LogP contribution is -2.47. The molecule has 1 atom stereocenters. The second-order valence-corrected chi connectivity index (χ2v) is 6.69. The van der Waals surface area contributed by atoms with Gasteiger partial charge in [0.25, 0.3) is 0 Å². The van der Waals surface area contributed by atoms with Crippen LogP contribution in [0, 0.1) is 5.92 Å². The molecule has 5 heteroatoms. The fourth-order valence-corrected chi connectivity index (χ4v) is 2.83. The summed E-state index contributed by atoms with van der Waals surface area (Å²) in [6.07, 6.45) is 7.52. The highest BCUT2D eigenvalue weighted by atomic mass is 16.2. The summed E-state index contributed by atoms with van der Waals surface area (Å²) in [4.78, 5) is 14.9. The lowest BCUT2D eigenvalue weighted by atomic mass is 10.0. The van der Waals surface area contributed by atoms with Gasteiger partial charge in [0.15, 0.2) is 0 Å². The molecule has 0 bridgehead atoms. The number of piperidine rings is 1.